The van der Waals surface area contributed by atoms with Gasteiger partial charge in [-0.25, -0.2) is 9.59 Å². The maximum Gasteiger partial charge on any atom is 0.417 e. The van der Waals surface area contributed by atoms with Gasteiger partial charge in [-0.2, -0.15) is 0 Å². The van der Waals surface area contributed by atoms with Crippen molar-refractivity contribution in [1.29, 1.82) is 0 Å². The molecule has 0 unspecified atom stereocenters. The number of rotatable bonds is 6. The molecule has 0 fully saturated rings. The van der Waals surface area contributed by atoms with Gasteiger partial charge in [-0.3, -0.25) is 9.80 Å². The molecule has 0 N–H and O–H groups in total. The highest BCUT2D eigenvalue weighted by Crippen LogP contribution is 2.43. The molecule has 0 radical (unpaired) electrons. The molecule has 2 heterocycles. The number of fused-ring (bicyclic) bond motifs is 2. The third-order valence-electron chi connectivity index (χ3n) is 4.99. The van der Waals surface area contributed by atoms with Crippen LogP contribution in [-0.2, 0) is 4.74 Å². The van der Waals surface area contributed by atoms with Gasteiger partial charge in [0.1, 0.15) is 11.5 Å². The molecule has 7 nitrogen and oxygen atoms in total. The second-order valence-electron chi connectivity index (χ2n) is 7.04. The first kappa shape index (κ1) is 19.3. The normalized spacial score (nSPS) is 20.6. The summed E-state index contributed by atoms with van der Waals surface area (Å²) in [6, 6.07) is 14.7. The van der Waals surface area contributed by atoms with Gasteiger partial charge in [0.15, 0.2) is 12.5 Å². The van der Waals surface area contributed by atoms with Crippen LogP contribution in [0.2, 0.25) is 0 Å². The van der Waals surface area contributed by atoms with Crippen LogP contribution in [-0.4, -0.2) is 35.1 Å². The summed E-state index contributed by atoms with van der Waals surface area (Å²) in [7, 11) is 0. The van der Waals surface area contributed by atoms with Crippen molar-refractivity contribution in [3.05, 3.63) is 59.7 Å². The molecule has 2 aliphatic rings. The summed E-state index contributed by atoms with van der Waals surface area (Å²) in [6.07, 6.45) is -0.752. The lowest BCUT2D eigenvalue weighted by Gasteiger charge is -2.41. The lowest BCUT2D eigenvalue weighted by Crippen LogP contribution is -2.47. The molecular weight excluding hydrogens is 372 g/mol. The van der Waals surface area contributed by atoms with E-state index in [4.69, 9.17) is 14.2 Å². The Hall–Kier alpha value is -3.06. The van der Waals surface area contributed by atoms with E-state index in [1.54, 1.807) is 21.9 Å². The Morgan fingerprint density at radius 2 is 1.17 bits per heavy atom. The standard InChI is InChI=1S/C22H24N2O5/c1-3-13-23-19(15-9-5-7-11-17(15)27-21(23)25)29-20-16-10-6-8-12-18(16)28-22(26)24(20)14-4-2/h5-12,19-20H,3-4,13-14H2,1-2H3/t19-,20+. The Labute approximate surface area is 169 Å². The van der Waals surface area contributed by atoms with Crippen molar-refractivity contribution in [2.45, 2.75) is 39.1 Å². The molecule has 4 rings (SSSR count). The van der Waals surface area contributed by atoms with Crippen molar-refractivity contribution in [2.24, 2.45) is 0 Å². The van der Waals surface area contributed by atoms with Crippen molar-refractivity contribution >= 4 is 12.2 Å². The average Bonchev–Trinajstić information content (AvgIpc) is 2.72. The minimum atomic E-state index is -0.671. The van der Waals surface area contributed by atoms with E-state index in [1.165, 1.54) is 0 Å². The molecule has 0 saturated heterocycles. The number of benzene rings is 2. The van der Waals surface area contributed by atoms with Gasteiger partial charge < -0.3 is 14.2 Å². The summed E-state index contributed by atoms with van der Waals surface area (Å²) in [5, 5.41) is 0. The van der Waals surface area contributed by atoms with Crippen LogP contribution in [0.4, 0.5) is 9.59 Å². The zero-order chi connectivity index (χ0) is 20.4. The Morgan fingerprint density at radius 3 is 1.59 bits per heavy atom. The Kier molecular flexibility index (Phi) is 5.40. The highest BCUT2D eigenvalue weighted by molar-refractivity contribution is 5.75. The number of carbonyl (C=O) groups excluding carboxylic acids is 2. The van der Waals surface area contributed by atoms with Crippen LogP contribution in [0.1, 0.15) is 50.3 Å². The van der Waals surface area contributed by atoms with E-state index in [0.717, 1.165) is 24.0 Å². The number of nitrogens with zero attached hydrogens (tertiary/aromatic N) is 2. The predicted octanol–water partition coefficient (Wildman–Crippen LogP) is 4.85. The highest BCUT2D eigenvalue weighted by Gasteiger charge is 2.41. The molecule has 0 spiro atoms. The van der Waals surface area contributed by atoms with E-state index in [9.17, 15) is 9.59 Å². The van der Waals surface area contributed by atoms with Crippen molar-refractivity contribution in [2.75, 3.05) is 13.1 Å². The molecule has 0 aliphatic carbocycles. The summed E-state index contributed by atoms with van der Waals surface area (Å²) in [4.78, 5) is 28.4. The lowest BCUT2D eigenvalue weighted by atomic mass is 10.1. The topological polar surface area (TPSA) is 68.3 Å². The van der Waals surface area contributed by atoms with Crippen molar-refractivity contribution < 1.29 is 23.8 Å². The summed E-state index contributed by atoms with van der Waals surface area (Å²) in [6.45, 7) is 4.93. The van der Waals surface area contributed by atoms with Crippen LogP contribution in [0.25, 0.3) is 0 Å². The fraction of sp³-hybridized carbons (Fsp3) is 0.364. The van der Waals surface area contributed by atoms with E-state index < -0.39 is 24.6 Å². The Morgan fingerprint density at radius 1 is 0.759 bits per heavy atom. The Bertz CT molecular complexity index is 842. The number of hydrogen-bond donors (Lipinski definition) is 0. The van der Waals surface area contributed by atoms with Gasteiger partial charge in [0, 0.05) is 24.2 Å². The van der Waals surface area contributed by atoms with Crippen LogP contribution in [0.3, 0.4) is 0 Å². The van der Waals surface area contributed by atoms with Gasteiger partial charge in [0.05, 0.1) is 0 Å². The molecule has 0 saturated carbocycles. The quantitative estimate of drug-likeness (QED) is 0.698. The maximum absolute atomic E-state index is 12.6. The van der Waals surface area contributed by atoms with Gasteiger partial charge in [0.25, 0.3) is 0 Å². The molecule has 0 aromatic heterocycles. The minimum Gasteiger partial charge on any atom is -0.410 e. The first-order chi connectivity index (χ1) is 14.1. The fourth-order valence-corrected chi connectivity index (χ4v) is 3.70. The maximum atomic E-state index is 12.6. The molecule has 2 aliphatic heterocycles. The minimum absolute atomic E-state index is 0.454. The molecule has 2 amide bonds. The van der Waals surface area contributed by atoms with Crippen LogP contribution >= 0.6 is 0 Å². The summed E-state index contributed by atoms with van der Waals surface area (Å²) < 4.78 is 17.5. The van der Waals surface area contributed by atoms with Gasteiger partial charge in [-0.1, -0.05) is 50.2 Å². The summed E-state index contributed by atoms with van der Waals surface area (Å²) in [5.41, 5.74) is 1.52. The Balaban J connectivity index is 1.76. The van der Waals surface area contributed by atoms with E-state index in [2.05, 4.69) is 0 Å². The molecule has 29 heavy (non-hydrogen) atoms. The van der Waals surface area contributed by atoms with E-state index in [-0.39, 0.29) is 0 Å². The van der Waals surface area contributed by atoms with Crippen molar-refractivity contribution in [1.82, 2.24) is 9.80 Å². The van der Waals surface area contributed by atoms with Crippen LogP contribution in [0.15, 0.2) is 48.5 Å². The third kappa shape index (κ3) is 3.53. The van der Waals surface area contributed by atoms with Gasteiger partial charge >= 0.3 is 12.2 Å². The van der Waals surface area contributed by atoms with E-state index in [1.807, 2.05) is 50.2 Å². The van der Waals surface area contributed by atoms with Gasteiger partial charge in [0.2, 0.25) is 0 Å². The first-order valence-corrected chi connectivity index (χ1v) is 9.94. The molecular formula is C22H24N2O5. The van der Waals surface area contributed by atoms with Gasteiger partial charge in [-0.05, 0) is 25.0 Å². The molecule has 2 atom stereocenters. The van der Waals surface area contributed by atoms with Crippen molar-refractivity contribution in [3.8, 4) is 11.5 Å². The summed E-state index contributed by atoms with van der Waals surface area (Å²) in [5.74, 6) is 0.951. The number of ether oxygens (including phenoxy) is 3. The molecule has 7 heteroatoms. The second-order valence-corrected chi connectivity index (χ2v) is 7.04. The largest absolute Gasteiger partial charge is 0.417 e. The number of hydrogen-bond acceptors (Lipinski definition) is 5. The predicted molar refractivity (Wildman–Crippen MR) is 105 cm³/mol. The second kappa shape index (κ2) is 8.13. The monoisotopic (exact) mass is 396 g/mol. The zero-order valence-electron chi connectivity index (χ0n) is 16.5. The van der Waals surface area contributed by atoms with E-state index >= 15 is 0 Å². The molecule has 152 valence electrons. The lowest BCUT2D eigenvalue weighted by molar-refractivity contribution is -0.151. The van der Waals surface area contributed by atoms with Gasteiger partial charge in [-0.15, -0.1) is 0 Å². The van der Waals surface area contributed by atoms with Crippen LogP contribution in [0.5, 0.6) is 11.5 Å². The molecule has 2 aromatic rings. The number of carbonyl (C=O) groups is 2. The van der Waals surface area contributed by atoms with Crippen LogP contribution in [0, 0.1) is 0 Å². The third-order valence-corrected chi connectivity index (χ3v) is 4.99. The number of amides is 2. The molecule has 2 aromatic carbocycles. The smallest absolute Gasteiger partial charge is 0.410 e. The summed E-state index contributed by atoms with van der Waals surface area (Å²) >= 11 is 0. The van der Waals surface area contributed by atoms with Crippen molar-refractivity contribution in [3.63, 3.8) is 0 Å². The zero-order valence-corrected chi connectivity index (χ0v) is 16.5. The fourth-order valence-electron chi connectivity index (χ4n) is 3.70. The van der Waals surface area contributed by atoms with Crippen LogP contribution < -0.4 is 9.47 Å². The SMILES string of the molecule is CCCN1C(=O)Oc2ccccc2[C@H]1O[C@H]1c2ccccc2OC(=O)N1CCC. The number of para-hydroxylation sites is 2. The average molecular weight is 396 g/mol. The molecule has 0 bridgehead atoms. The van der Waals surface area contributed by atoms with E-state index in [0.29, 0.717) is 24.6 Å². The first-order valence-electron chi connectivity index (χ1n) is 9.94. The highest BCUT2D eigenvalue weighted by atomic mass is 16.6.